The van der Waals surface area contributed by atoms with Crippen molar-refractivity contribution in [3.05, 3.63) is 29.1 Å². The highest BCUT2D eigenvalue weighted by molar-refractivity contribution is 5.91. The molecule has 1 saturated carbocycles. The van der Waals surface area contributed by atoms with Crippen molar-refractivity contribution >= 4 is 17.5 Å². The number of hydrogen-bond donors (Lipinski definition) is 1. The number of nitrogens with one attached hydrogen (secondary N) is 1. The molecule has 2 unspecified atom stereocenters. The molecule has 0 bridgehead atoms. The fourth-order valence-electron chi connectivity index (χ4n) is 5.56. The van der Waals surface area contributed by atoms with E-state index >= 15 is 0 Å². The van der Waals surface area contributed by atoms with Gasteiger partial charge in [0.2, 0.25) is 11.8 Å². The van der Waals surface area contributed by atoms with Gasteiger partial charge in [-0.05, 0) is 69.2 Å². The van der Waals surface area contributed by atoms with E-state index in [1.165, 1.54) is 6.07 Å². The number of carbonyl (C=O) groups excluding carboxylic acids is 2. The van der Waals surface area contributed by atoms with Crippen molar-refractivity contribution in [3.8, 4) is 0 Å². The van der Waals surface area contributed by atoms with Crippen LogP contribution in [0.25, 0.3) is 0 Å². The minimum Gasteiger partial charge on any atom is -0.378 e. The Morgan fingerprint density at radius 1 is 1.15 bits per heavy atom. The van der Waals surface area contributed by atoms with Crippen molar-refractivity contribution in [2.45, 2.75) is 83.9 Å². The van der Waals surface area contributed by atoms with Crippen LogP contribution in [0, 0.1) is 18.7 Å². The summed E-state index contributed by atoms with van der Waals surface area (Å²) in [6, 6.07) is 3.12. The number of anilines is 1. The highest BCUT2D eigenvalue weighted by Gasteiger charge is 2.33. The molecule has 3 aliphatic rings. The van der Waals surface area contributed by atoms with E-state index < -0.39 is 0 Å². The van der Waals surface area contributed by atoms with Gasteiger partial charge in [-0.15, -0.1) is 0 Å². The van der Waals surface area contributed by atoms with Crippen LogP contribution in [0.3, 0.4) is 0 Å². The predicted octanol–water partition coefficient (Wildman–Crippen LogP) is 4.25. The molecule has 182 valence electrons. The molecule has 6 nitrogen and oxygen atoms in total. The van der Waals surface area contributed by atoms with Gasteiger partial charge in [-0.25, -0.2) is 4.39 Å². The number of nitrogens with zero attached hydrogens (tertiary/aromatic N) is 2. The summed E-state index contributed by atoms with van der Waals surface area (Å²) in [7, 11) is 0. The summed E-state index contributed by atoms with van der Waals surface area (Å²) < 4.78 is 20.0. The predicted molar refractivity (Wildman–Crippen MR) is 126 cm³/mol. The molecule has 2 heterocycles. The molecular weight excluding hydrogens is 421 g/mol. The molecule has 1 aliphatic carbocycles. The van der Waals surface area contributed by atoms with Gasteiger partial charge in [0.15, 0.2) is 0 Å². The molecule has 0 aromatic heterocycles. The van der Waals surface area contributed by atoms with E-state index in [9.17, 15) is 14.0 Å². The molecule has 2 aliphatic heterocycles. The first kappa shape index (κ1) is 24.1. The summed E-state index contributed by atoms with van der Waals surface area (Å²) >= 11 is 0. The van der Waals surface area contributed by atoms with Crippen LogP contribution in [-0.4, -0.2) is 60.0 Å². The second kappa shape index (κ2) is 11.0. The number of benzene rings is 1. The Hall–Kier alpha value is -1.99. The molecule has 2 amide bonds. The maximum absolute atomic E-state index is 14.4. The van der Waals surface area contributed by atoms with Crippen LogP contribution in [0.5, 0.6) is 0 Å². The highest BCUT2D eigenvalue weighted by atomic mass is 19.1. The van der Waals surface area contributed by atoms with Crippen molar-refractivity contribution in [2.75, 3.05) is 31.6 Å². The number of piperazine rings is 1. The van der Waals surface area contributed by atoms with Crippen LogP contribution in [0.2, 0.25) is 0 Å². The van der Waals surface area contributed by atoms with Gasteiger partial charge in [-0.2, -0.15) is 0 Å². The van der Waals surface area contributed by atoms with Gasteiger partial charge < -0.3 is 15.0 Å². The summed E-state index contributed by atoms with van der Waals surface area (Å²) in [5, 5.41) is 2.91. The van der Waals surface area contributed by atoms with Crippen LogP contribution in [0.15, 0.2) is 12.1 Å². The molecule has 7 heteroatoms. The Labute approximate surface area is 196 Å². The van der Waals surface area contributed by atoms with Crippen LogP contribution < -0.4 is 5.32 Å². The number of ether oxygens (including phenoxy) is 1. The van der Waals surface area contributed by atoms with Gasteiger partial charge >= 0.3 is 0 Å². The van der Waals surface area contributed by atoms with Gasteiger partial charge in [0.1, 0.15) is 5.82 Å². The summed E-state index contributed by atoms with van der Waals surface area (Å²) in [6.07, 6.45) is 7.69. The maximum atomic E-state index is 14.4. The number of carbonyl (C=O) groups is 2. The van der Waals surface area contributed by atoms with E-state index in [0.29, 0.717) is 31.0 Å². The van der Waals surface area contributed by atoms with Crippen molar-refractivity contribution in [1.82, 2.24) is 9.80 Å². The van der Waals surface area contributed by atoms with E-state index in [0.717, 1.165) is 75.9 Å². The zero-order chi connectivity index (χ0) is 23.4. The molecule has 1 N–H and O–H groups in total. The van der Waals surface area contributed by atoms with E-state index in [-0.39, 0.29) is 29.8 Å². The first-order valence-electron chi connectivity index (χ1n) is 12.6. The molecule has 0 spiro atoms. The third kappa shape index (κ3) is 6.12. The highest BCUT2D eigenvalue weighted by Crippen LogP contribution is 2.29. The Balaban J connectivity index is 1.33. The largest absolute Gasteiger partial charge is 0.378 e. The smallest absolute Gasteiger partial charge is 0.226 e. The standard InChI is InChI=1S/C26H38FN3O3/c1-18-16-29(11-12-30(18)26(32)20-6-3-4-7-20)17-21-14-22(27)15-24(19(21)2)28-25(31)10-9-23-8-5-13-33-23/h14-15,18,20,23H,3-13,16-17H2,1-2H3,(H,28,31). The molecule has 2 atom stereocenters. The van der Waals surface area contributed by atoms with Crippen LogP contribution in [0.4, 0.5) is 10.1 Å². The van der Waals surface area contributed by atoms with Gasteiger partial charge in [-0.1, -0.05) is 12.8 Å². The summed E-state index contributed by atoms with van der Waals surface area (Å²) in [4.78, 5) is 29.6. The minimum atomic E-state index is -0.340. The molecule has 4 rings (SSSR count). The van der Waals surface area contributed by atoms with Gasteiger partial charge in [0.05, 0.1) is 6.10 Å². The lowest BCUT2D eigenvalue weighted by molar-refractivity contribution is -0.140. The molecule has 1 aromatic rings. The van der Waals surface area contributed by atoms with Crippen LogP contribution >= 0.6 is 0 Å². The number of halogens is 1. The topological polar surface area (TPSA) is 61.9 Å². The fourth-order valence-corrected chi connectivity index (χ4v) is 5.56. The Kier molecular flexibility index (Phi) is 8.02. The normalized spacial score (nSPS) is 24.4. The summed E-state index contributed by atoms with van der Waals surface area (Å²) in [5.74, 6) is 0.0800. The number of hydrogen-bond acceptors (Lipinski definition) is 4. The molecule has 0 radical (unpaired) electrons. The average molecular weight is 460 g/mol. The van der Waals surface area contributed by atoms with Crippen molar-refractivity contribution in [3.63, 3.8) is 0 Å². The van der Waals surface area contributed by atoms with Crippen molar-refractivity contribution in [1.29, 1.82) is 0 Å². The third-order valence-electron chi connectivity index (χ3n) is 7.56. The maximum Gasteiger partial charge on any atom is 0.226 e. The first-order chi connectivity index (χ1) is 15.9. The van der Waals surface area contributed by atoms with Crippen LogP contribution in [-0.2, 0) is 20.9 Å². The second-order valence-electron chi connectivity index (χ2n) is 10.1. The first-order valence-corrected chi connectivity index (χ1v) is 12.6. The van der Waals surface area contributed by atoms with Crippen molar-refractivity contribution in [2.24, 2.45) is 5.92 Å². The van der Waals surface area contributed by atoms with E-state index in [4.69, 9.17) is 4.74 Å². The Morgan fingerprint density at radius 2 is 1.94 bits per heavy atom. The lowest BCUT2D eigenvalue weighted by Crippen LogP contribution is -2.54. The summed E-state index contributed by atoms with van der Waals surface area (Å²) in [5.41, 5.74) is 2.33. The zero-order valence-corrected chi connectivity index (χ0v) is 20.1. The Bertz CT molecular complexity index is 849. The van der Waals surface area contributed by atoms with E-state index in [2.05, 4.69) is 17.1 Å². The Morgan fingerprint density at radius 3 is 2.64 bits per heavy atom. The van der Waals surface area contributed by atoms with E-state index in [1.54, 1.807) is 6.07 Å². The average Bonchev–Trinajstić information content (AvgIpc) is 3.49. The minimum absolute atomic E-state index is 0.0992. The molecule has 2 saturated heterocycles. The third-order valence-corrected chi connectivity index (χ3v) is 7.56. The van der Waals surface area contributed by atoms with Gasteiger partial charge in [0.25, 0.3) is 0 Å². The molecular formula is C26H38FN3O3. The molecule has 33 heavy (non-hydrogen) atoms. The SMILES string of the molecule is Cc1c(CN2CCN(C(=O)C3CCCC3)C(C)C2)cc(F)cc1NC(=O)CCC1CCCO1. The molecule has 3 fully saturated rings. The van der Waals surface area contributed by atoms with E-state index in [1.807, 2.05) is 11.8 Å². The zero-order valence-electron chi connectivity index (χ0n) is 20.1. The lowest BCUT2D eigenvalue weighted by Gasteiger charge is -2.41. The van der Waals surface area contributed by atoms with Gasteiger partial charge in [0, 0.05) is 56.9 Å². The quantitative estimate of drug-likeness (QED) is 0.662. The second-order valence-corrected chi connectivity index (χ2v) is 10.1. The number of amides is 2. The lowest BCUT2D eigenvalue weighted by atomic mass is 10.0. The van der Waals surface area contributed by atoms with Crippen LogP contribution in [0.1, 0.15) is 69.4 Å². The molecule has 1 aromatic carbocycles. The van der Waals surface area contributed by atoms with Gasteiger partial charge in [-0.3, -0.25) is 14.5 Å². The van der Waals surface area contributed by atoms with Crippen molar-refractivity contribution < 1.29 is 18.7 Å². The summed E-state index contributed by atoms with van der Waals surface area (Å²) in [6.45, 7) is 7.71. The number of rotatable bonds is 7. The fraction of sp³-hybridized carbons (Fsp3) is 0.692. The monoisotopic (exact) mass is 459 g/mol.